The molecule has 3 rings (SSSR count). The van der Waals surface area contributed by atoms with Gasteiger partial charge in [0.1, 0.15) is 11.9 Å². The zero-order valence-electron chi connectivity index (χ0n) is 17.6. The lowest BCUT2D eigenvalue weighted by Crippen LogP contribution is -2.42. The predicted octanol–water partition coefficient (Wildman–Crippen LogP) is 2.51. The van der Waals surface area contributed by atoms with Crippen molar-refractivity contribution in [2.45, 2.75) is 45.8 Å². The van der Waals surface area contributed by atoms with Crippen LogP contribution in [0, 0.1) is 17.2 Å². The third-order valence-corrected chi connectivity index (χ3v) is 5.00. The second-order valence-corrected chi connectivity index (χ2v) is 8.35. The van der Waals surface area contributed by atoms with Crippen molar-refractivity contribution in [3.63, 3.8) is 0 Å². The Balaban J connectivity index is 1.57. The van der Waals surface area contributed by atoms with Gasteiger partial charge in [-0.05, 0) is 58.2 Å². The van der Waals surface area contributed by atoms with Gasteiger partial charge in [0.2, 0.25) is 5.82 Å². The molecule has 0 bridgehead atoms. The highest BCUT2D eigenvalue weighted by Crippen LogP contribution is 2.25. The highest BCUT2D eigenvalue weighted by Gasteiger charge is 2.36. The van der Waals surface area contributed by atoms with Crippen molar-refractivity contribution in [2.24, 2.45) is 5.92 Å². The number of ether oxygens (including phenoxy) is 1. The second-order valence-electron chi connectivity index (χ2n) is 8.35. The number of hydrogen-bond acceptors (Lipinski definition) is 6. The van der Waals surface area contributed by atoms with E-state index in [1.807, 2.05) is 27.7 Å². The molecule has 1 saturated heterocycles. The molecule has 1 aliphatic heterocycles. The third kappa shape index (κ3) is 4.95. The number of amides is 2. The molecule has 0 spiro atoms. The van der Waals surface area contributed by atoms with E-state index < -0.39 is 5.60 Å². The van der Waals surface area contributed by atoms with Crippen LogP contribution < -0.4 is 5.32 Å². The molecule has 2 amide bonds. The molecule has 9 heteroatoms. The third-order valence-electron chi connectivity index (χ3n) is 5.00. The molecule has 1 fully saturated rings. The van der Waals surface area contributed by atoms with Crippen LogP contribution >= 0.6 is 0 Å². The molecule has 1 N–H and O–H groups in total. The number of carbonyl (C=O) groups excluding carboxylic acids is 2. The van der Waals surface area contributed by atoms with Crippen LogP contribution in [0.1, 0.15) is 50.3 Å². The van der Waals surface area contributed by atoms with E-state index in [-0.39, 0.29) is 29.8 Å². The van der Waals surface area contributed by atoms with Crippen molar-refractivity contribution in [1.29, 1.82) is 5.26 Å². The normalized spacial score (nSPS) is 18.7. The van der Waals surface area contributed by atoms with Gasteiger partial charge in [0.25, 0.3) is 5.91 Å². The fourth-order valence-corrected chi connectivity index (χ4v) is 3.37. The Morgan fingerprint density at radius 1 is 1.37 bits per heavy atom. The van der Waals surface area contributed by atoms with E-state index in [2.05, 4.69) is 21.5 Å². The Bertz CT molecular complexity index is 972. The summed E-state index contributed by atoms with van der Waals surface area (Å²) in [6, 6.07) is 8.91. The summed E-state index contributed by atoms with van der Waals surface area (Å²) in [6.07, 6.45) is 1.89. The molecule has 2 aromatic rings. The standard InChI is InChI=1S/C21H26N6O3/c1-14-16(8-9-26(14)20(29)30-21(2,3)4)12-23-19(28)18-24-13-27(25-18)17-7-5-6-15(10-17)11-22/h5-7,10,13-14,16H,8-9,12H2,1-4H3,(H,23,28). The minimum absolute atomic E-state index is 0.0422. The van der Waals surface area contributed by atoms with Crippen LogP contribution in [-0.2, 0) is 4.74 Å². The Labute approximate surface area is 175 Å². The van der Waals surface area contributed by atoms with Crippen LogP contribution in [0.4, 0.5) is 4.79 Å². The number of likely N-dealkylation sites (tertiary alicyclic amines) is 1. The molecule has 2 unspecified atom stereocenters. The van der Waals surface area contributed by atoms with Crippen molar-refractivity contribution in [3.8, 4) is 11.8 Å². The summed E-state index contributed by atoms with van der Waals surface area (Å²) in [5.41, 5.74) is 0.608. The lowest BCUT2D eigenvalue weighted by Gasteiger charge is -2.28. The van der Waals surface area contributed by atoms with Gasteiger partial charge in [-0.1, -0.05) is 6.07 Å². The number of benzene rings is 1. The molecule has 1 aromatic heterocycles. The van der Waals surface area contributed by atoms with Gasteiger partial charge >= 0.3 is 6.09 Å². The maximum atomic E-state index is 12.5. The number of nitriles is 1. The minimum atomic E-state index is -0.541. The fourth-order valence-electron chi connectivity index (χ4n) is 3.37. The van der Waals surface area contributed by atoms with Crippen LogP contribution in [-0.4, -0.2) is 56.4 Å². The Kier molecular flexibility index (Phi) is 6.06. The van der Waals surface area contributed by atoms with E-state index in [4.69, 9.17) is 10.00 Å². The SMILES string of the molecule is CC1C(CNC(=O)c2ncn(-c3cccc(C#N)c3)n2)CCN1C(=O)OC(C)(C)C. The Morgan fingerprint density at radius 3 is 2.83 bits per heavy atom. The zero-order valence-corrected chi connectivity index (χ0v) is 17.6. The molecule has 0 saturated carbocycles. The average molecular weight is 410 g/mol. The maximum Gasteiger partial charge on any atom is 0.410 e. The molecule has 1 aromatic carbocycles. The fraction of sp³-hybridized carbons (Fsp3) is 0.476. The molecule has 2 heterocycles. The van der Waals surface area contributed by atoms with Crippen LogP contribution in [0.5, 0.6) is 0 Å². The summed E-state index contributed by atoms with van der Waals surface area (Å²) >= 11 is 0. The smallest absolute Gasteiger partial charge is 0.410 e. The predicted molar refractivity (Wildman–Crippen MR) is 109 cm³/mol. The molecule has 158 valence electrons. The summed E-state index contributed by atoms with van der Waals surface area (Å²) in [7, 11) is 0. The van der Waals surface area contributed by atoms with Crippen molar-refractivity contribution >= 4 is 12.0 Å². The van der Waals surface area contributed by atoms with E-state index in [0.717, 1.165) is 6.42 Å². The molecule has 2 atom stereocenters. The first-order valence-electron chi connectivity index (χ1n) is 9.88. The van der Waals surface area contributed by atoms with Gasteiger partial charge in [-0.15, -0.1) is 5.10 Å². The largest absolute Gasteiger partial charge is 0.444 e. The molecule has 1 aliphatic rings. The number of nitrogens with one attached hydrogen (secondary N) is 1. The lowest BCUT2D eigenvalue weighted by atomic mass is 10.0. The molecule has 0 radical (unpaired) electrons. The molecule has 0 aliphatic carbocycles. The first-order chi connectivity index (χ1) is 14.2. The summed E-state index contributed by atoms with van der Waals surface area (Å²) in [5, 5.41) is 16.1. The zero-order chi connectivity index (χ0) is 21.9. The van der Waals surface area contributed by atoms with Gasteiger partial charge in [-0.25, -0.2) is 14.5 Å². The topological polar surface area (TPSA) is 113 Å². The minimum Gasteiger partial charge on any atom is -0.444 e. The number of nitrogens with zero attached hydrogens (tertiary/aromatic N) is 5. The molecular weight excluding hydrogens is 384 g/mol. The van der Waals surface area contributed by atoms with E-state index in [1.165, 1.54) is 11.0 Å². The number of carbonyl (C=O) groups is 2. The van der Waals surface area contributed by atoms with Crippen LogP contribution in [0.2, 0.25) is 0 Å². The van der Waals surface area contributed by atoms with E-state index >= 15 is 0 Å². The van der Waals surface area contributed by atoms with Crippen molar-refractivity contribution < 1.29 is 14.3 Å². The highest BCUT2D eigenvalue weighted by atomic mass is 16.6. The average Bonchev–Trinajstić information content (AvgIpc) is 3.32. The monoisotopic (exact) mass is 410 g/mol. The Morgan fingerprint density at radius 2 is 2.13 bits per heavy atom. The van der Waals surface area contributed by atoms with E-state index in [9.17, 15) is 9.59 Å². The van der Waals surface area contributed by atoms with Gasteiger partial charge < -0.3 is 15.0 Å². The highest BCUT2D eigenvalue weighted by molar-refractivity contribution is 5.90. The first kappa shape index (κ1) is 21.3. The van der Waals surface area contributed by atoms with E-state index in [0.29, 0.717) is 24.3 Å². The first-order valence-corrected chi connectivity index (χ1v) is 9.88. The molecule has 30 heavy (non-hydrogen) atoms. The van der Waals surface area contributed by atoms with E-state index in [1.54, 1.807) is 29.2 Å². The quantitative estimate of drug-likeness (QED) is 0.829. The lowest BCUT2D eigenvalue weighted by molar-refractivity contribution is 0.0223. The summed E-state index contributed by atoms with van der Waals surface area (Å²) in [5.74, 6) is -0.212. The van der Waals surface area contributed by atoms with Crippen LogP contribution in [0.3, 0.4) is 0 Å². The summed E-state index contributed by atoms with van der Waals surface area (Å²) in [4.78, 5) is 30.6. The van der Waals surface area contributed by atoms with Crippen molar-refractivity contribution in [1.82, 2.24) is 25.0 Å². The van der Waals surface area contributed by atoms with Gasteiger partial charge in [0, 0.05) is 19.1 Å². The summed E-state index contributed by atoms with van der Waals surface area (Å²) < 4.78 is 6.91. The number of hydrogen-bond donors (Lipinski definition) is 1. The number of aromatic nitrogens is 3. The van der Waals surface area contributed by atoms with Crippen molar-refractivity contribution in [2.75, 3.05) is 13.1 Å². The van der Waals surface area contributed by atoms with Gasteiger partial charge in [-0.3, -0.25) is 4.79 Å². The van der Waals surface area contributed by atoms with Gasteiger partial charge in [0.05, 0.1) is 17.3 Å². The summed E-state index contributed by atoms with van der Waals surface area (Å²) in [6.45, 7) is 8.49. The number of rotatable bonds is 4. The van der Waals surface area contributed by atoms with Crippen LogP contribution in [0.25, 0.3) is 5.69 Å². The van der Waals surface area contributed by atoms with Gasteiger partial charge in [-0.2, -0.15) is 5.26 Å². The van der Waals surface area contributed by atoms with Crippen molar-refractivity contribution in [3.05, 3.63) is 42.0 Å². The maximum absolute atomic E-state index is 12.5. The second kappa shape index (κ2) is 8.53. The Hall–Kier alpha value is -3.41. The molecular formula is C21H26N6O3. The van der Waals surface area contributed by atoms with Crippen LogP contribution in [0.15, 0.2) is 30.6 Å². The van der Waals surface area contributed by atoms with Gasteiger partial charge in [0.15, 0.2) is 0 Å². The molecule has 9 nitrogen and oxygen atoms in total.